The first-order valence-electron chi connectivity index (χ1n) is 7.22. The molecule has 0 N–H and O–H groups in total. The van der Waals surface area contributed by atoms with Gasteiger partial charge in [-0.25, -0.2) is 0 Å². The Balaban J connectivity index is 2.03. The van der Waals surface area contributed by atoms with E-state index in [0.29, 0.717) is 12.8 Å². The molecule has 0 aromatic heterocycles. The molecule has 112 valence electrons. The summed E-state index contributed by atoms with van der Waals surface area (Å²) in [6.45, 7) is 1.98. The molecule has 2 aromatic rings. The molecular formula is C17H16N2O3. The SMILES string of the molecule is CC(c1ccccc1)N1C(=O)CCc2cc([N+](=O)[O-])ccc21. The summed E-state index contributed by atoms with van der Waals surface area (Å²) >= 11 is 0. The van der Waals surface area contributed by atoms with Crippen LogP contribution in [0.1, 0.15) is 30.5 Å². The molecule has 1 aliphatic heterocycles. The predicted octanol–water partition coefficient (Wildman–Crippen LogP) is 3.64. The molecule has 0 saturated carbocycles. The Kier molecular flexibility index (Phi) is 3.63. The van der Waals surface area contributed by atoms with Gasteiger partial charge in [-0.15, -0.1) is 0 Å². The van der Waals surface area contributed by atoms with Gasteiger partial charge in [0.05, 0.1) is 11.0 Å². The molecule has 1 aliphatic rings. The Labute approximate surface area is 128 Å². The smallest absolute Gasteiger partial charge is 0.269 e. The van der Waals surface area contributed by atoms with E-state index in [2.05, 4.69) is 0 Å². The number of nitro benzene ring substituents is 1. The highest BCUT2D eigenvalue weighted by molar-refractivity contribution is 5.97. The fourth-order valence-electron chi connectivity index (χ4n) is 2.92. The first kappa shape index (κ1) is 14.3. The fraction of sp³-hybridized carbons (Fsp3) is 0.235. The zero-order chi connectivity index (χ0) is 15.7. The predicted molar refractivity (Wildman–Crippen MR) is 83.8 cm³/mol. The van der Waals surface area contributed by atoms with Gasteiger partial charge in [0.2, 0.25) is 5.91 Å². The van der Waals surface area contributed by atoms with E-state index in [1.807, 2.05) is 37.3 Å². The summed E-state index contributed by atoms with van der Waals surface area (Å²) in [5.41, 5.74) is 2.75. The minimum absolute atomic E-state index is 0.0534. The van der Waals surface area contributed by atoms with Crippen LogP contribution in [-0.4, -0.2) is 10.8 Å². The van der Waals surface area contributed by atoms with Crippen LogP contribution in [0.4, 0.5) is 11.4 Å². The zero-order valence-corrected chi connectivity index (χ0v) is 12.2. The Morgan fingerprint density at radius 1 is 1.14 bits per heavy atom. The van der Waals surface area contributed by atoms with Crippen LogP contribution in [0, 0.1) is 10.1 Å². The number of nitro groups is 1. The largest absolute Gasteiger partial charge is 0.305 e. The van der Waals surface area contributed by atoms with Gasteiger partial charge in [0.15, 0.2) is 0 Å². The van der Waals surface area contributed by atoms with Crippen molar-refractivity contribution in [1.82, 2.24) is 0 Å². The van der Waals surface area contributed by atoms with Crippen LogP contribution in [0.25, 0.3) is 0 Å². The summed E-state index contributed by atoms with van der Waals surface area (Å²) in [6.07, 6.45) is 0.930. The number of rotatable bonds is 3. The number of fused-ring (bicyclic) bond motifs is 1. The van der Waals surface area contributed by atoms with Gasteiger partial charge in [-0.2, -0.15) is 0 Å². The summed E-state index contributed by atoms with van der Waals surface area (Å²) in [4.78, 5) is 24.6. The van der Waals surface area contributed by atoms with Crippen molar-refractivity contribution >= 4 is 17.3 Å². The van der Waals surface area contributed by atoms with Crippen LogP contribution < -0.4 is 4.90 Å². The van der Waals surface area contributed by atoms with Gasteiger partial charge in [0, 0.05) is 24.2 Å². The maximum Gasteiger partial charge on any atom is 0.269 e. The number of carbonyl (C=O) groups is 1. The van der Waals surface area contributed by atoms with Crippen LogP contribution in [0.2, 0.25) is 0 Å². The maximum absolute atomic E-state index is 12.4. The maximum atomic E-state index is 12.4. The van der Waals surface area contributed by atoms with E-state index in [1.54, 1.807) is 17.0 Å². The molecule has 1 heterocycles. The monoisotopic (exact) mass is 296 g/mol. The van der Waals surface area contributed by atoms with E-state index >= 15 is 0 Å². The lowest BCUT2D eigenvalue weighted by atomic mass is 9.97. The van der Waals surface area contributed by atoms with Crippen LogP contribution in [0.15, 0.2) is 48.5 Å². The van der Waals surface area contributed by atoms with Crippen LogP contribution in [0.5, 0.6) is 0 Å². The van der Waals surface area contributed by atoms with Crippen molar-refractivity contribution in [2.24, 2.45) is 0 Å². The lowest BCUT2D eigenvalue weighted by Crippen LogP contribution is -2.37. The first-order chi connectivity index (χ1) is 10.6. The number of hydrogen-bond donors (Lipinski definition) is 0. The number of nitrogens with zero attached hydrogens (tertiary/aromatic N) is 2. The van der Waals surface area contributed by atoms with Gasteiger partial charge in [-0.3, -0.25) is 14.9 Å². The van der Waals surface area contributed by atoms with E-state index in [1.165, 1.54) is 6.07 Å². The van der Waals surface area contributed by atoms with Crippen LogP contribution >= 0.6 is 0 Å². The van der Waals surface area contributed by atoms with Crippen LogP contribution in [-0.2, 0) is 11.2 Å². The third-order valence-electron chi connectivity index (χ3n) is 4.08. The summed E-state index contributed by atoms with van der Waals surface area (Å²) < 4.78 is 0. The molecule has 0 radical (unpaired) electrons. The van der Waals surface area contributed by atoms with Gasteiger partial charge in [-0.05, 0) is 30.5 Å². The van der Waals surface area contributed by atoms with Gasteiger partial charge < -0.3 is 4.90 Å². The summed E-state index contributed by atoms with van der Waals surface area (Å²) in [6, 6.07) is 14.4. The van der Waals surface area contributed by atoms with Gasteiger partial charge in [0.1, 0.15) is 0 Å². The molecule has 0 bridgehead atoms. The highest BCUT2D eigenvalue weighted by atomic mass is 16.6. The second kappa shape index (κ2) is 5.60. The number of hydrogen-bond acceptors (Lipinski definition) is 3. The minimum Gasteiger partial charge on any atom is -0.305 e. The molecule has 0 saturated heterocycles. The Morgan fingerprint density at radius 2 is 1.86 bits per heavy atom. The number of carbonyl (C=O) groups excluding carboxylic acids is 1. The second-order valence-corrected chi connectivity index (χ2v) is 5.42. The molecule has 2 aromatic carbocycles. The van der Waals surface area contributed by atoms with Gasteiger partial charge >= 0.3 is 0 Å². The van der Waals surface area contributed by atoms with E-state index < -0.39 is 4.92 Å². The molecule has 5 heteroatoms. The molecule has 0 aliphatic carbocycles. The quantitative estimate of drug-likeness (QED) is 0.641. The summed E-state index contributed by atoms with van der Waals surface area (Å²) in [5, 5.41) is 10.9. The third-order valence-corrected chi connectivity index (χ3v) is 4.08. The van der Waals surface area contributed by atoms with Gasteiger partial charge in [0.25, 0.3) is 5.69 Å². The number of anilines is 1. The molecule has 22 heavy (non-hydrogen) atoms. The molecule has 5 nitrogen and oxygen atoms in total. The van der Waals surface area contributed by atoms with E-state index in [4.69, 9.17) is 0 Å². The fourth-order valence-corrected chi connectivity index (χ4v) is 2.92. The van der Waals surface area contributed by atoms with Crippen molar-refractivity contribution in [3.05, 3.63) is 69.8 Å². The van der Waals surface area contributed by atoms with Crippen molar-refractivity contribution in [3.8, 4) is 0 Å². The molecule has 0 spiro atoms. The second-order valence-electron chi connectivity index (χ2n) is 5.42. The normalized spacial score (nSPS) is 15.3. The van der Waals surface area contributed by atoms with Crippen LogP contribution in [0.3, 0.4) is 0 Å². The molecular weight excluding hydrogens is 280 g/mol. The van der Waals surface area contributed by atoms with E-state index in [0.717, 1.165) is 16.8 Å². The molecule has 1 unspecified atom stereocenters. The molecule has 1 amide bonds. The Bertz CT molecular complexity index is 728. The molecule has 1 atom stereocenters. The van der Waals surface area contributed by atoms with E-state index in [9.17, 15) is 14.9 Å². The standard InChI is InChI=1S/C17H16N2O3/c1-12(13-5-3-2-4-6-13)18-16-9-8-15(19(21)22)11-14(16)7-10-17(18)20/h2-6,8-9,11-12H,7,10H2,1H3. The Hall–Kier alpha value is -2.69. The lowest BCUT2D eigenvalue weighted by molar-refractivity contribution is -0.384. The lowest BCUT2D eigenvalue weighted by Gasteiger charge is -2.34. The van der Waals surface area contributed by atoms with Gasteiger partial charge in [-0.1, -0.05) is 30.3 Å². The average molecular weight is 296 g/mol. The number of aryl methyl sites for hydroxylation is 1. The van der Waals surface area contributed by atoms with Crippen molar-refractivity contribution in [1.29, 1.82) is 0 Å². The molecule has 0 fully saturated rings. The van der Waals surface area contributed by atoms with Crippen molar-refractivity contribution in [2.45, 2.75) is 25.8 Å². The number of benzene rings is 2. The van der Waals surface area contributed by atoms with Crippen molar-refractivity contribution in [2.75, 3.05) is 4.90 Å². The number of non-ortho nitro benzene ring substituents is 1. The molecule has 3 rings (SSSR count). The zero-order valence-electron chi connectivity index (χ0n) is 12.2. The summed E-state index contributed by atoms with van der Waals surface area (Å²) in [7, 11) is 0. The van der Waals surface area contributed by atoms with Crippen molar-refractivity contribution in [3.63, 3.8) is 0 Å². The minimum atomic E-state index is -0.401. The Morgan fingerprint density at radius 3 is 2.55 bits per heavy atom. The third kappa shape index (κ3) is 2.45. The topological polar surface area (TPSA) is 63.5 Å². The highest BCUT2D eigenvalue weighted by Gasteiger charge is 2.29. The summed E-state index contributed by atoms with van der Waals surface area (Å²) in [5.74, 6) is 0.0534. The highest BCUT2D eigenvalue weighted by Crippen LogP contribution is 2.36. The number of amides is 1. The van der Waals surface area contributed by atoms with E-state index in [-0.39, 0.29) is 17.6 Å². The average Bonchev–Trinajstić information content (AvgIpc) is 2.54. The first-order valence-corrected chi connectivity index (χ1v) is 7.22. The van der Waals surface area contributed by atoms with Crippen molar-refractivity contribution < 1.29 is 9.72 Å².